The van der Waals surface area contributed by atoms with E-state index in [1.54, 1.807) is 36.4 Å². The predicted octanol–water partition coefficient (Wildman–Crippen LogP) is 3.26. The summed E-state index contributed by atoms with van der Waals surface area (Å²) >= 11 is 0. The van der Waals surface area contributed by atoms with Crippen molar-refractivity contribution in [1.29, 1.82) is 0 Å². The summed E-state index contributed by atoms with van der Waals surface area (Å²) in [7, 11) is 0. The number of amides is 2. The number of nitrogens with one attached hydrogen (secondary N) is 2. The molecule has 2 aromatic carbocycles. The van der Waals surface area contributed by atoms with E-state index in [-0.39, 0.29) is 5.91 Å². The molecular formula is C15H14N2O3. The Hall–Kier alpha value is -2.82. The molecule has 0 spiro atoms. The SMILES string of the molecule is CC(=O)Nc1cccc(OC(=O)Nc2ccccc2)c1. The molecule has 0 unspecified atom stereocenters. The second-order valence-electron chi connectivity index (χ2n) is 4.09. The molecule has 20 heavy (non-hydrogen) atoms. The van der Waals surface area contributed by atoms with Crippen molar-refractivity contribution in [2.24, 2.45) is 0 Å². The van der Waals surface area contributed by atoms with Crippen molar-refractivity contribution in [3.05, 3.63) is 54.6 Å². The van der Waals surface area contributed by atoms with E-state index in [1.165, 1.54) is 6.92 Å². The fourth-order valence-electron chi connectivity index (χ4n) is 1.61. The molecule has 0 radical (unpaired) electrons. The van der Waals surface area contributed by atoms with Crippen LogP contribution in [-0.2, 0) is 4.79 Å². The lowest BCUT2D eigenvalue weighted by molar-refractivity contribution is -0.114. The number of anilines is 2. The minimum Gasteiger partial charge on any atom is -0.410 e. The van der Waals surface area contributed by atoms with Gasteiger partial charge < -0.3 is 10.1 Å². The molecule has 0 aromatic heterocycles. The summed E-state index contributed by atoms with van der Waals surface area (Å²) in [4.78, 5) is 22.7. The average Bonchev–Trinajstić information content (AvgIpc) is 2.39. The van der Waals surface area contributed by atoms with Crippen LogP contribution in [0.5, 0.6) is 5.75 Å². The molecule has 0 atom stereocenters. The van der Waals surface area contributed by atoms with Crippen molar-refractivity contribution in [3.63, 3.8) is 0 Å². The first-order valence-electron chi connectivity index (χ1n) is 6.05. The van der Waals surface area contributed by atoms with E-state index in [0.29, 0.717) is 17.1 Å². The van der Waals surface area contributed by atoms with E-state index in [4.69, 9.17) is 4.74 Å². The number of ether oxygens (including phenoxy) is 1. The molecule has 0 bridgehead atoms. The van der Waals surface area contributed by atoms with Gasteiger partial charge in [0.2, 0.25) is 5.91 Å². The molecule has 2 N–H and O–H groups in total. The quantitative estimate of drug-likeness (QED) is 0.899. The fraction of sp³-hybridized carbons (Fsp3) is 0.0667. The van der Waals surface area contributed by atoms with Crippen LogP contribution in [-0.4, -0.2) is 12.0 Å². The predicted molar refractivity (Wildman–Crippen MR) is 76.8 cm³/mol. The first-order chi connectivity index (χ1) is 9.63. The molecular weight excluding hydrogens is 256 g/mol. The Labute approximate surface area is 116 Å². The van der Waals surface area contributed by atoms with E-state index < -0.39 is 6.09 Å². The molecule has 102 valence electrons. The number of carbonyl (C=O) groups excluding carboxylic acids is 2. The molecule has 0 aliphatic rings. The minimum absolute atomic E-state index is 0.184. The van der Waals surface area contributed by atoms with Gasteiger partial charge in [-0.3, -0.25) is 10.1 Å². The fourth-order valence-corrected chi connectivity index (χ4v) is 1.61. The summed E-state index contributed by atoms with van der Waals surface area (Å²) in [6.07, 6.45) is -0.587. The Balaban J connectivity index is 1.99. The summed E-state index contributed by atoms with van der Waals surface area (Å²) in [6, 6.07) is 15.6. The largest absolute Gasteiger partial charge is 0.417 e. The number of hydrogen-bond donors (Lipinski definition) is 2. The van der Waals surface area contributed by atoms with Gasteiger partial charge in [0.1, 0.15) is 5.75 Å². The maximum atomic E-state index is 11.7. The molecule has 0 aliphatic heterocycles. The van der Waals surface area contributed by atoms with Gasteiger partial charge in [-0.2, -0.15) is 0 Å². The molecule has 5 nitrogen and oxygen atoms in total. The summed E-state index contributed by atoms with van der Waals surface area (Å²) in [5.41, 5.74) is 1.22. The lowest BCUT2D eigenvalue weighted by atomic mass is 10.3. The van der Waals surface area contributed by atoms with Gasteiger partial charge in [0, 0.05) is 24.4 Å². The second-order valence-corrected chi connectivity index (χ2v) is 4.09. The lowest BCUT2D eigenvalue weighted by Gasteiger charge is -2.08. The van der Waals surface area contributed by atoms with Gasteiger partial charge in [0.15, 0.2) is 0 Å². The maximum Gasteiger partial charge on any atom is 0.417 e. The Morgan fingerprint density at radius 1 is 0.900 bits per heavy atom. The van der Waals surface area contributed by atoms with Crippen molar-refractivity contribution >= 4 is 23.4 Å². The smallest absolute Gasteiger partial charge is 0.410 e. The molecule has 2 amide bonds. The number of carbonyl (C=O) groups is 2. The molecule has 0 saturated carbocycles. The van der Waals surface area contributed by atoms with Crippen LogP contribution in [0.3, 0.4) is 0 Å². The van der Waals surface area contributed by atoms with Crippen molar-refractivity contribution < 1.29 is 14.3 Å². The minimum atomic E-state index is -0.587. The van der Waals surface area contributed by atoms with E-state index >= 15 is 0 Å². The summed E-state index contributed by atoms with van der Waals surface area (Å²) in [5, 5.41) is 5.22. The second kappa shape index (κ2) is 6.38. The number of benzene rings is 2. The summed E-state index contributed by atoms with van der Waals surface area (Å²) in [6.45, 7) is 1.41. The molecule has 2 rings (SSSR count). The van der Waals surface area contributed by atoms with Crippen LogP contribution < -0.4 is 15.4 Å². The molecule has 2 aromatic rings. The normalized spacial score (nSPS) is 9.65. The Kier molecular flexibility index (Phi) is 4.34. The lowest BCUT2D eigenvalue weighted by Crippen LogP contribution is -2.16. The molecule has 0 aliphatic carbocycles. The summed E-state index contributed by atoms with van der Waals surface area (Å²) < 4.78 is 5.14. The Bertz CT molecular complexity index is 612. The van der Waals surface area contributed by atoms with Gasteiger partial charge in [0.05, 0.1) is 0 Å². The molecule has 5 heteroatoms. The standard InChI is InChI=1S/C15H14N2O3/c1-11(18)16-13-8-5-9-14(10-13)20-15(19)17-12-6-3-2-4-7-12/h2-10H,1H3,(H,16,18)(H,17,19). The van der Waals surface area contributed by atoms with Gasteiger partial charge in [-0.1, -0.05) is 24.3 Å². The Morgan fingerprint density at radius 2 is 1.60 bits per heavy atom. The molecule has 0 saturated heterocycles. The first-order valence-corrected chi connectivity index (χ1v) is 6.05. The zero-order valence-corrected chi connectivity index (χ0v) is 10.9. The monoisotopic (exact) mass is 270 g/mol. The number of para-hydroxylation sites is 1. The average molecular weight is 270 g/mol. The zero-order chi connectivity index (χ0) is 14.4. The van der Waals surface area contributed by atoms with Gasteiger partial charge in [0.25, 0.3) is 0 Å². The van der Waals surface area contributed by atoms with Gasteiger partial charge in [-0.05, 0) is 24.3 Å². The Morgan fingerprint density at radius 3 is 2.30 bits per heavy atom. The number of hydrogen-bond acceptors (Lipinski definition) is 3. The van der Waals surface area contributed by atoms with E-state index in [9.17, 15) is 9.59 Å². The van der Waals surface area contributed by atoms with Crippen molar-refractivity contribution in [1.82, 2.24) is 0 Å². The highest BCUT2D eigenvalue weighted by atomic mass is 16.6. The van der Waals surface area contributed by atoms with Gasteiger partial charge in [-0.15, -0.1) is 0 Å². The number of rotatable bonds is 3. The van der Waals surface area contributed by atoms with Crippen LogP contribution >= 0.6 is 0 Å². The highest BCUT2D eigenvalue weighted by molar-refractivity contribution is 5.89. The first kappa shape index (κ1) is 13.6. The van der Waals surface area contributed by atoms with Crippen molar-refractivity contribution in [2.75, 3.05) is 10.6 Å². The molecule has 0 heterocycles. The maximum absolute atomic E-state index is 11.7. The van der Waals surface area contributed by atoms with E-state index in [2.05, 4.69) is 10.6 Å². The van der Waals surface area contributed by atoms with Crippen LogP contribution in [0, 0.1) is 0 Å². The highest BCUT2D eigenvalue weighted by Crippen LogP contribution is 2.18. The zero-order valence-electron chi connectivity index (χ0n) is 10.9. The van der Waals surface area contributed by atoms with Crippen LogP contribution in [0.25, 0.3) is 0 Å². The van der Waals surface area contributed by atoms with E-state index in [1.807, 2.05) is 18.2 Å². The third kappa shape index (κ3) is 4.13. The summed E-state index contributed by atoms with van der Waals surface area (Å²) in [5.74, 6) is 0.167. The van der Waals surface area contributed by atoms with Crippen LogP contribution in [0.1, 0.15) is 6.92 Å². The third-order valence-electron chi connectivity index (χ3n) is 2.39. The van der Waals surface area contributed by atoms with Crippen molar-refractivity contribution in [2.45, 2.75) is 6.92 Å². The topological polar surface area (TPSA) is 67.4 Å². The van der Waals surface area contributed by atoms with E-state index in [0.717, 1.165) is 0 Å². The van der Waals surface area contributed by atoms with Crippen molar-refractivity contribution in [3.8, 4) is 5.75 Å². The van der Waals surface area contributed by atoms with Gasteiger partial charge >= 0.3 is 6.09 Å². The highest BCUT2D eigenvalue weighted by Gasteiger charge is 2.05. The van der Waals surface area contributed by atoms with Crippen LogP contribution in [0.15, 0.2) is 54.6 Å². The van der Waals surface area contributed by atoms with Crippen LogP contribution in [0.4, 0.5) is 16.2 Å². The van der Waals surface area contributed by atoms with Gasteiger partial charge in [-0.25, -0.2) is 4.79 Å². The molecule has 0 fully saturated rings. The van der Waals surface area contributed by atoms with Crippen LogP contribution in [0.2, 0.25) is 0 Å². The third-order valence-corrected chi connectivity index (χ3v) is 2.39.